The smallest absolute Gasteiger partial charge is 0.283 e. The molecule has 0 N–H and O–H groups in total. The molecule has 0 saturated carbocycles. The summed E-state index contributed by atoms with van der Waals surface area (Å²) in [6, 6.07) is 30.9. The molecule has 9 heteroatoms. The zero-order valence-electron chi connectivity index (χ0n) is 22.8. The molecule has 4 aromatic carbocycles. The molecule has 0 atom stereocenters. The molecule has 2 heterocycles. The number of thiazole rings is 1. The van der Waals surface area contributed by atoms with E-state index in [1.165, 1.54) is 34.2 Å². The Morgan fingerprint density at radius 3 is 2.02 bits per heavy atom. The Bertz CT molecular complexity index is 2020. The average Bonchev–Trinajstić information content (AvgIpc) is 3.51. The summed E-state index contributed by atoms with van der Waals surface area (Å²) in [5.41, 5.74) is 4.66. The van der Waals surface area contributed by atoms with E-state index in [0.29, 0.717) is 21.9 Å². The number of aromatic nitrogens is 3. The molecule has 0 aliphatic carbocycles. The molecule has 0 aliphatic rings. The summed E-state index contributed by atoms with van der Waals surface area (Å²) in [7, 11) is 1.80. The van der Waals surface area contributed by atoms with Gasteiger partial charge in [0.25, 0.3) is 5.56 Å². The minimum atomic E-state index is -0.730. The first-order valence-electron chi connectivity index (χ1n) is 13.2. The van der Waals surface area contributed by atoms with E-state index in [0.717, 1.165) is 22.9 Å². The normalized spacial score (nSPS) is 12.0. The van der Waals surface area contributed by atoms with Crippen molar-refractivity contribution in [1.82, 2.24) is 14.0 Å². The second-order valence-electron chi connectivity index (χ2n) is 9.56. The molecule has 0 aliphatic heterocycles. The summed E-state index contributed by atoms with van der Waals surface area (Å²) in [5.74, 6) is -1.46. The summed E-state index contributed by atoms with van der Waals surface area (Å²) < 4.78 is 33.7. The lowest BCUT2D eigenvalue weighted by Gasteiger charge is -2.07. The van der Waals surface area contributed by atoms with E-state index < -0.39 is 11.6 Å². The van der Waals surface area contributed by atoms with E-state index in [4.69, 9.17) is 4.99 Å². The fourth-order valence-electron chi connectivity index (χ4n) is 4.68. The van der Waals surface area contributed by atoms with Crippen LogP contribution < -0.4 is 10.4 Å². The van der Waals surface area contributed by atoms with Gasteiger partial charge in [0.15, 0.2) is 5.69 Å². The third kappa shape index (κ3) is 5.06. The van der Waals surface area contributed by atoms with Crippen molar-refractivity contribution in [2.45, 2.75) is 6.92 Å². The first-order valence-corrected chi connectivity index (χ1v) is 14.0. The summed E-state index contributed by atoms with van der Waals surface area (Å²) in [4.78, 5) is 18.7. The molecule has 0 radical (unpaired) electrons. The van der Waals surface area contributed by atoms with Crippen LogP contribution in [0.25, 0.3) is 28.1 Å². The maximum atomic E-state index is 14.5. The van der Waals surface area contributed by atoms with E-state index in [-0.39, 0.29) is 16.8 Å². The summed E-state index contributed by atoms with van der Waals surface area (Å²) in [6.07, 6.45) is 1.14. The van der Waals surface area contributed by atoms with Crippen LogP contribution in [-0.2, 0) is 7.05 Å². The summed E-state index contributed by atoms with van der Waals surface area (Å²) >= 11 is 1.28. The highest BCUT2D eigenvalue weighted by molar-refractivity contribution is 7.07. The number of para-hydroxylation sites is 1. The largest absolute Gasteiger partial charge is 0.297 e. The molecule has 0 bridgehead atoms. The molecule has 0 unspecified atom stereocenters. The van der Waals surface area contributed by atoms with Crippen molar-refractivity contribution in [1.29, 1.82) is 0 Å². The maximum absolute atomic E-state index is 14.5. The van der Waals surface area contributed by atoms with Gasteiger partial charge in [0, 0.05) is 18.0 Å². The molecule has 208 valence electrons. The Kier molecular flexibility index (Phi) is 7.33. The first kappa shape index (κ1) is 27.0. The van der Waals surface area contributed by atoms with Gasteiger partial charge in [0.2, 0.25) is 4.80 Å². The van der Waals surface area contributed by atoms with Gasteiger partial charge in [-0.2, -0.15) is 5.10 Å². The Balaban J connectivity index is 1.51. The van der Waals surface area contributed by atoms with Gasteiger partial charge in [0.1, 0.15) is 11.6 Å². The fourth-order valence-corrected chi connectivity index (χ4v) is 5.52. The molecule has 42 heavy (non-hydrogen) atoms. The molecule has 0 amide bonds. The quantitative estimate of drug-likeness (QED) is 0.195. The molecule has 0 spiro atoms. The zero-order valence-corrected chi connectivity index (χ0v) is 23.6. The van der Waals surface area contributed by atoms with Crippen LogP contribution in [-0.4, -0.2) is 20.3 Å². The Labute approximate surface area is 244 Å². The minimum absolute atomic E-state index is 0.246. The highest BCUT2D eigenvalue weighted by Gasteiger charge is 2.17. The Morgan fingerprint density at radius 1 is 0.762 bits per heavy atom. The van der Waals surface area contributed by atoms with E-state index in [2.05, 4.69) is 5.10 Å². The maximum Gasteiger partial charge on any atom is 0.297 e. The predicted octanol–water partition coefficient (Wildman–Crippen LogP) is 7.07. The number of hydrogen-bond acceptors (Lipinski definition) is 4. The Hall–Kier alpha value is -5.15. The second kappa shape index (κ2) is 11.4. The van der Waals surface area contributed by atoms with Gasteiger partial charge in [-0.3, -0.25) is 9.48 Å². The van der Waals surface area contributed by atoms with Crippen LogP contribution in [0.2, 0.25) is 0 Å². The van der Waals surface area contributed by atoms with Gasteiger partial charge in [-0.25, -0.2) is 23.1 Å². The third-order valence-corrected chi connectivity index (χ3v) is 7.82. The lowest BCUT2D eigenvalue weighted by molar-refractivity contribution is 0.579. The second-order valence-corrected chi connectivity index (χ2v) is 10.4. The molecule has 2 aromatic heterocycles. The zero-order chi connectivity index (χ0) is 29.2. The highest BCUT2D eigenvalue weighted by atomic mass is 32.1. The fraction of sp³-hybridized carbons (Fsp3) is 0.0606. The predicted molar refractivity (Wildman–Crippen MR) is 164 cm³/mol. The topological polar surface area (TPSA) is 56.6 Å². The van der Waals surface area contributed by atoms with Crippen LogP contribution in [0.3, 0.4) is 0 Å². The molecule has 0 saturated heterocycles. The number of rotatable bonds is 6. The van der Waals surface area contributed by atoms with E-state index in [9.17, 15) is 13.6 Å². The first-order chi connectivity index (χ1) is 20.4. The lowest BCUT2D eigenvalue weighted by atomic mass is 10.0. The van der Waals surface area contributed by atoms with Crippen molar-refractivity contribution < 1.29 is 8.78 Å². The van der Waals surface area contributed by atoms with Gasteiger partial charge in [-0.15, -0.1) is 11.3 Å². The summed E-state index contributed by atoms with van der Waals surface area (Å²) in [5, 5.41) is 6.33. The number of halogens is 2. The van der Waals surface area contributed by atoms with Crippen molar-refractivity contribution in [2.24, 2.45) is 17.1 Å². The molecular weight excluding hydrogens is 552 g/mol. The van der Waals surface area contributed by atoms with Crippen LogP contribution in [0.1, 0.15) is 11.3 Å². The SMILES string of the molecule is Cc1c(N=c2scc(-c3ccc(-c4ccccc4)cc3)n2/N=C/c2c(F)cccc2F)c(=O)n(-c2ccccc2)n1C. The third-order valence-electron chi connectivity index (χ3n) is 7.01. The molecular formula is C33H25F2N5OS. The molecule has 6 rings (SSSR count). The van der Waals surface area contributed by atoms with Crippen LogP contribution in [0.4, 0.5) is 14.5 Å². The monoisotopic (exact) mass is 577 g/mol. The molecule has 6 aromatic rings. The van der Waals surface area contributed by atoms with Crippen molar-refractivity contribution in [3.05, 3.63) is 147 Å². The number of nitrogens with zero attached hydrogens (tertiary/aromatic N) is 5. The standard InChI is InChI=1S/C33H25F2N5OS/c1-22-31(32(41)40(38(22)2)26-12-7-4-8-13-26)37-33-39(36-20-27-28(34)14-9-15-29(27)35)30(21-42-33)25-18-16-24(17-19-25)23-10-5-3-6-11-23/h3-21H,1-2H3/b36-20+,37-33?. The molecule has 0 fully saturated rings. The van der Waals surface area contributed by atoms with Crippen molar-refractivity contribution >= 4 is 23.2 Å². The number of benzene rings is 4. The van der Waals surface area contributed by atoms with Gasteiger partial charge in [-0.05, 0) is 42.3 Å². The lowest BCUT2D eigenvalue weighted by Crippen LogP contribution is -2.20. The molecule has 6 nitrogen and oxygen atoms in total. The van der Waals surface area contributed by atoms with E-state index in [1.807, 2.05) is 97.2 Å². The van der Waals surface area contributed by atoms with Crippen LogP contribution in [0.15, 0.2) is 123 Å². The van der Waals surface area contributed by atoms with Crippen LogP contribution >= 0.6 is 11.3 Å². The van der Waals surface area contributed by atoms with Gasteiger partial charge in [0.05, 0.1) is 28.9 Å². The van der Waals surface area contributed by atoms with E-state index >= 15 is 0 Å². The van der Waals surface area contributed by atoms with Gasteiger partial charge in [-0.1, -0.05) is 78.9 Å². The van der Waals surface area contributed by atoms with Crippen LogP contribution in [0.5, 0.6) is 0 Å². The number of hydrogen-bond donors (Lipinski definition) is 0. The Morgan fingerprint density at radius 2 is 1.36 bits per heavy atom. The van der Waals surface area contributed by atoms with Gasteiger partial charge >= 0.3 is 0 Å². The van der Waals surface area contributed by atoms with Crippen molar-refractivity contribution in [3.63, 3.8) is 0 Å². The summed E-state index contributed by atoms with van der Waals surface area (Å²) in [6.45, 7) is 1.82. The van der Waals surface area contributed by atoms with E-state index in [1.54, 1.807) is 16.4 Å². The van der Waals surface area contributed by atoms with Crippen molar-refractivity contribution in [3.8, 4) is 28.1 Å². The average molecular weight is 578 g/mol. The van der Waals surface area contributed by atoms with Crippen LogP contribution in [0, 0.1) is 18.6 Å². The van der Waals surface area contributed by atoms with Gasteiger partial charge < -0.3 is 0 Å². The highest BCUT2D eigenvalue weighted by Crippen LogP contribution is 2.26. The van der Waals surface area contributed by atoms with Crippen molar-refractivity contribution in [2.75, 3.05) is 0 Å². The minimum Gasteiger partial charge on any atom is -0.283 e.